The van der Waals surface area contributed by atoms with Crippen molar-refractivity contribution in [3.05, 3.63) is 0 Å². The maximum atomic E-state index is 11.8. The van der Waals surface area contributed by atoms with Crippen LogP contribution >= 0.6 is 12.6 Å². The van der Waals surface area contributed by atoms with E-state index in [1.165, 1.54) is 25.7 Å². The minimum absolute atomic E-state index is 0.130. The van der Waals surface area contributed by atoms with Crippen molar-refractivity contribution in [2.45, 2.75) is 50.8 Å². The van der Waals surface area contributed by atoms with E-state index >= 15 is 0 Å². The van der Waals surface area contributed by atoms with Gasteiger partial charge in [0.15, 0.2) is 0 Å². The van der Waals surface area contributed by atoms with Crippen molar-refractivity contribution in [1.82, 2.24) is 5.32 Å². The number of carbonyl (C=O) groups excluding carboxylic acids is 1. The molecule has 4 atom stereocenters. The molecule has 1 amide bonds. The molecule has 2 aliphatic carbocycles. The Bertz CT molecular complexity index is 254. The Morgan fingerprint density at radius 3 is 2.53 bits per heavy atom. The second kappa shape index (κ2) is 4.36. The van der Waals surface area contributed by atoms with Gasteiger partial charge in [-0.05, 0) is 37.0 Å². The highest BCUT2D eigenvalue weighted by atomic mass is 32.1. The van der Waals surface area contributed by atoms with Crippen LogP contribution in [0.1, 0.15) is 39.5 Å². The lowest BCUT2D eigenvalue weighted by atomic mass is 9.95. The van der Waals surface area contributed by atoms with Crippen molar-refractivity contribution in [2.75, 3.05) is 0 Å². The van der Waals surface area contributed by atoms with Crippen LogP contribution in [0.25, 0.3) is 0 Å². The maximum absolute atomic E-state index is 11.8. The van der Waals surface area contributed by atoms with Crippen molar-refractivity contribution in [1.29, 1.82) is 0 Å². The van der Waals surface area contributed by atoms with Gasteiger partial charge in [0.1, 0.15) is 0 Å². The van der Waals surface area contributed by atoms with Crippen LogP contribution in [0.4, 0.5) is 0 Å². The second-order valence-corrected chi connectivity index (χ2v) is 6.04. The molecule has 0 heterocycles. The summed E-state index contributed by atoms with van der Waals surface area (Å²) in [4.78, 5) is 11.8. The molecule has 0 aromatic heterocycles. The number of fused-ring (bicyclic) bond motifs is 2. The van der Waals surface area contributed by atoms with Gasteiger partial charge in [0.25, 0.3) is 0 Å². The van der Waals surface area contributed by atoms with E-state index in [1.807, 2.05) is 13.8 Å². The van der Waals surface area contributed by atoms with Gasteiger partial charge in [-0.25, -0.2) is 0 Å². The lowest BCUT2D eigenvalue weighted by Gasteiger charge is -2.25. The summed E-state index contributed by atoms with van der Waals surface area (Å²) < 4.78 is 0. The number of thiol groups is 1. The summed E-state index contributed by atoms with van der Waals surface area (Å²) in [6.45, 7) is 4.08. The summed E-state index contributed by atoms with van der Waals surface area (Å²) in [5, 5.41) is 3.03. The fraction of sp³-hybridized carbons (Fsp3) is 0.917. The molecule has 0 aliphatic heterocycles. The summed E-state index contributed by atoms with van der Waals surface area (Å²) in [6, 6.07) is 0.449. The van der Waals surface area contributed by atoms with Crippen LogP contribution in [0.3, 0.4) is 0 Å². The van der Waals surface area contributed by atoms with E-state index in [0.29, 0.717) is 12.0 Å². The molecular weight excluding hydrogens is 206 g/mol. The number of hydrogen-bond donors (Lipinski definition) is 2. The molecule has 0 radical (unpaired) electrons. The van der Waals surface area contributed by atoms with Gasteiger partial charge in [0.05, 0.1) is 5.25 Å². The molecule has 0 aromatic rings. The number of rotatable bonds is 3. The van der Waals surface area contributed by atoms with Crippen LogP contribution in [0.15, 0.2) is 0 Å². The lowest BCUT2D eigenvalue weighted by molar-refractivity contribution is -0.122. The number of hydrogen-bond acceptors (Lipinski definition) is 2. The first-order valence-electron chi connectivity index (χ1n) is 6.06. The number of nitrogens with one attached hydrogen (secondary N) is 1. The zero-order chi connectivity index (χ0) is 11.0. The molecule has 2 nitrogen and oxygen atoms in total. The molecule has 15 heavy (non-hydrogen) atoms. The third kappa shape index (κ3) is 2.32. The monoisotopic (exact) mass is 227 g/mol. The SMILES string of the molecule is CC(C)C(S)C(=O)NC1CC2CCC1C2. The summed E-state index contributed by atoms with van der Waals surface area (Å²) in [5.41, 5.74) is 0. The molecule has 2 saturated carbocycles. The number of carbonyl (C=O) groups is 1. The Balaban J connectivity index is 1.85. The zero-order valence-electron chi connectivity index (χ0n) is 9.57. The van der Waals surface area contributed by atoms with Crippen molar-refractivity contribution in [3.63, 3.8) is 0 Å². The zero-order valence-corrected chi connectivity index (χ0v) is 10.5. The Labute approximate surface area is 97.6 Å². The third-order valence-corrected chi connectivity index (χ3v) is 4.80. The van der Waals surface area contributed by atoms with Gasteiger partial charge < -0.3 is 5.32 Å². The molecule has 0 saturated heterocycles. The van der Waals surface area contributed by atoms with Gasteiger partial charge in [-0.2, -0.15) is 12.6 Å². The third-order valence-electron chi connectivity index (χ3n) is 3.97. The van der Waals surface area contributed by atoms with Crippen molar-refractivity contribution >= 4 is 18.5 Å². The highest BCUT2D eigenvalue weighted by molar-refractivity contribution is 7.81. The van der Waals surface area contributed by atoms with Gasteiger partial charge in [0, 0.05) is 6.04 Å². The van der Waals surface area contributed by atoms with E-state index in [-0.39, 0.29) is 11.2 Å². The van der Waals surface area contributed by atoms with Crippen LogP contribution in [-0.4, -0.2) is 17.2 Å². The Morgan fingerprint density at radius 1 is 1.33 bits per heavy atom. The van der Waals surface area contributed by atoms with Crippen LogP contribution in [0.5, 0.6) is 0 Å². The van der Waals surface area contributed by atoms with Crippen molar-refractivity contribution < 1.29 is 4.79 Å². The summed E-state index contributed by atoms with van der Waals surface area (Å²) in [6.07, 6.45) is 5.24. The van der Waals surface area contributed by atoms with E-state index in [4.69, 9.17) is 0 Å². The Kier molecular flexibility index (Phi) is 3.29. The van der Waals surface area contributed by atoms with E-state index < -0.39 is 0 Å². The lowest BCUT2D eigenvalue weighted by Crippen LogP contribution is -2.43. The van der Waals surface area contributed by atoms with Crippen LogP contribution in [0.2, 0.25) is 0 Å². The standard InChI is InChI=1S/C12H21NOS/c1-7(2)11(15)12(14)13-10-6-8-3-4-9(10)5-8/h7-11,15H,3-6H2,1-2H3,(H,13,14). The first kappa shape index (κ1) is 11.3. The first-order valence-corrected chi connectivity index (χ1v) is 6.58. The predicted molar refractivity (Wildman–Crippen MR) is 65.0 cm³/mol. The molecule has 3 heteroatoms. The van der Waals surface area contributed by atoms with Crippen LogP contribution in [0, 0.1) is 17.8 Å². The van der Waals surface area contributed by atoms with E-state index in [9.17, 15) is 4.79 Å². The molecule has 0 aromatic carbocycles. The van der Waals surface area contributed by atoms with Gasteiger partial charge in [0.2, 0.25) is 5.91 Å². The molecule has 2 fully saturated rings. The minimum Gasteiger partial charge on any atom is -0.352 e. The quantitative estimate of drug-likeness (QED) is 0.711. The van der Waals surface area contributed by atoms with Gasteiger partial charge >= 0.3 is 0 Å². The second-order valence-electron chi connectivity index (χ2n) is 5.48. The molecule has 2 rings (SSSR count). The first-order chi connectivity index (χ1) is 7.08. The highest BCUT2D eigenvalue weighted by Gasteiger charge is 2.40. The van der Waals surface area contributed by atoms with Gasteiger partial charge in [-0.1, -0.05) is 20.3 Å². The normalized spacial score (nSPS) is 35.9. The fourth-order valence-corrected chi connectivity index (χ4v) is 3.07. The van der Waals surface area contributed by atoms with Gasteiger partial charge in [-0.15, -0.1) is 0 Å². The van der Waals surface area contributed by atoms with Crippen molar-refractivity contribution in [2.24, 2.45) is 17.8 Å². The van der Waals surface area contributed by atoms with E-state index in [1.54, 1.807) is 0 Å². The summed E-state index contributed by atoms with van der Waals surface area (Å²) in [5.74, 6) is 2.09. The fourth-order valence-electron chi connectivity index (χ4n) is 2.99. The summed E-state index contributed by atoms with van der Waals surface area (Å²) in [7, 11) is 0. The van der Waals surface area contributed by atoms with Crippen molar-refractivity contribution in [3.8, 4) is 0 Å². The average molecular weight is 227 g/mol. The molecule has 1 N–H and O–H groups in total. The maximum Gasteiger partial charge on any atom is 0.233 e. The molecule has 86 valence electrons. The summed E-state index contributed by atoms with van der Waals surface area (Å²) >= 11 is 4.35. The minimum atomic E-state index is -0.149. The Hall–Kier alpha value is -0.180. The molecule has 4 unspecified atom stereocenters. The predicted octanol–water partition coefficient (Wildman–Crippen LogP) is 2.25. The van der Waals surface area contributed by atoms with Crippen LogP contribution < -0.4 is 5.32 Å². The average Bonchev–Trinajstić information content (AvgIpc) is 2.77. The van der Waals surface area contributed by atoms with E-state index in [0.717, 1.165) is 11.8 Å². The highest BCUT2D eigenvalue weighted by Crippen LogP contribution is 2.44. The smallest absolute Gasteiger partial charge is 0.233 e. The molecule has 2 aliphatic rings. The Morgan fingerprint density at radius 2 is 2.07 bits per heavy atom. The molecule has 0 spiro atoms. The van der Waals surface area contributed by atoms with E-state index in [2.05, 4.69) is 17.9 Å². The van der Waals surface area contributed by atoms with Crippen LogP contribution in [-0.2, 0) is 4.79 Å². The molecular formula is C12H21NOS. The largest absolute Gasteiger partial charge is 0.352 e. The topological polar surface area (TPSA) is 29.1 Å². The number of amides is 1. The molecule has 2 bridgehead atoms. The van der Waals surface area contributed by atoms with Gasteiger partial charge in [-0.3, -0.25) is 4.79 Å².